The van der Waals surface area contributed by atoms with Crippen molar-refractivity contribution in [3.05, 3.63) is 0 Å². The second-order valence-corrected chi connectivity index (χ2v) is 5.31. The molecule has 1 unspecified atom stereocenters. The summed E-state index contributed by atoms with van der Waals surface area (Å²) in [5.74, 6) is 0. The summed E-state index contributed by atoms with van der Waals surface area (Å²) in [6.45, 7) is 9.89. The Labute approximate surface area is 102 Å². The fourth-order valence-electron chi connectivity index (χ4n) is 2.45. The monoisotopic (exact) mass is 228 g/mol. The molecule has 0 aromatic heterocycles. The topological polar surface area (TPSA) is 38.0 Å². The molecule has 3 N–H and O–H groups in total. The maximum absolute atomic E-state index is 5.45. The zero-order valence-electron chi connectivity index (χ0n) is 11.6. The van der Waals surface area contributed by atoms with Gasteiger partial charge in [-0.2, -0.15) is 0 Å². The summed E-state index contributed by atoms with van der Waals surface area (Å²) in [6.07, 6.45) is 9.45. The van der Waals surface area contributed by atoms with E-state index in [9.17, 15) is 0 Å². The highest BCUT2D eigenvalue weighted by Gasteiger charge is 2.21. The SMILES string of the molecule is CCCCC(C)(CCC)CCCNCCN. The fraction of sp³-hybridized carbons (Fsp3) is 1.00. The van der Waals surface area contributed by atoms with Crippen LogP contribution in [0.25, 0.3) is 0 Å². The van der Waals surface area contributed by atoms with Gasteiger partial charge in [0.1, 0.15) is 0 Å². The van der Waals surface area contributed by atoms with Gasteiger partial charge in [-0.15, -0.1) is 0 Å². The summed E-state index contributed by atoms with van der Waals surface area (Å²) in [7, 11) is 0. The minimum absolute atomic E-state index is 0.579. The van der Waals surface area contributed by atoms with Crippen LogP contribution in [0.4, 0.5) is 0 Å². The molecule has 1 atom stereocenters. The molecule has 16 heavy (non-hydrogen) atoms. The quantitative estimate of drug-likeness (QED) is 0.532. The van der Waals surface area contributed by atoms with E-state index in [1.807, 2.05) is 0 Å². The molecule has 0 aliphatic carbocycles. The minimum Gasteiger partial charge on any atom is -0.329 e. The van der Waals surface area contributed by atoms with Gasteiger partial charge in [-0.1, -0.05) is 40.0 Å². The summed E-state index contributed by atoms with van der Waals surface area (Å²) < 4.78 is 0. The van der Waals surface area contributed by atoms with Crippen molar-refractivity contribution in [1.29, 1.82) is 0 Å². The fourth-order valence-corrected chi connectivity index (χ4v) is 2.45. The van der Waals surface area contributed by atoms with Crippen LogP contribution in [0.2, 0.25) is 0 Å². The van der Waals surface area contributed by atoms with Crippen LogP contribution >= 0.6 is 0 Å². The number of hydrogen-bond acceptors (Lipinski definition) is 2. The van der Waals surface area contributed by atoms with Gasteiger partial charge in [-0.25, -0.2) is 0 Å². The molecular formula is C14H32N2. The Bertz CT molecular complexity index is 148. The molecule has 0 saturated heterocycles. The lowest BCUT2D eigenvalue weighted by atomic mass is 9.77. The molecule has 0 bridgehead atoms. The first-order valence-corrected chi connectivity index (χ1v) is 7.09. The molecule has 0 aliphatic heterocycles. The van der Waals surface area contributed by atoms with E-state index in [2.05, 4.69) is 26.1 Å². The molecule has 0 heterocycles. The third-order valence-electron chi connectivity index (χ3n) is 3.44. The summed E-state index contributed by atoms with van der Waals surface area (Å²) in [6, 6.07) is 0. The molecule has 0 saturated carbocycles. The number of rotatable bonds is 11. The van der Waals surface area contributed by atoms with E-state index >= 15 is 0 Å². The number of nitrogens with one attached hydrogen (secondary N) is 1. The van der Waals surface area contributed by atoms with Gasteiger partial charge in [-0.05, 0) is 37.6 Å². The van der Waals surface area contributed by atoms with Crippen LogP contribution in [-0.2, 0) is 0 Å². The Morgan fingerprint density at radius 1 is 0.938 bits per heavy atom. The molecule has 2 heteroatoms. The predicted octanol–water partition coefficient (Wildman–Crippen LogP) is 3.31. The molecule has 0 aromatic carbocycles. The first-order valence-electron chi connectivity index (χ1n) is 7.09. The van der Waals surface area contributed by atoms with Crippen LogP contribution in [0, 0.1) is 5.41 Å². The number of unbranched alkanes of at least 4 members (excludes halogenated alkanes) is 1. The van der Waals surface area contributed by atoms with E-state index in [0.29, 0.717) is 5.41 Å². The third-order valence-corrected chi connectivity index (χ3v) is 3.44. The van der Waals surface area contributed by atoms with Gasteiger partial charge < -0.3 is 11.1 Å². The Morgan fingerprint density at radius 3 is 2.19 bits per heavy atom. The van der Waals surface area contributed by atoms with Gasteiger partial charge in [-0.3, -0.25) is 0 Å². The molecule has 0 amide bonds. The third kappa shape index (κ3) is 8.12. The van der Waals surface area contributed by atoms with Gasteiger partial charge in [0.2, 0.25) is 0 Å². The van der Waals surface area contributed by atoms with Gasteiger partial charge in [0.15, 0.2) is 0 Å². The molecular weight excluding hydrogens is 196 g/mol. The maximum atomic E-state index is 5.45. The standard InChI is InChI=1S/C14H32N2/c1-4-6-9-14(3,8-5-2)10-7-12-16-13-11-15/h16H,4-13,15H2,1-3H3. The highest BCUT2D eigenvalue weighted by atomic mass is 14.9. The predicted molar refractivity (Wildman–Crippen MR) is 73.7 cm³/mol. The Kier molecular flexibility index (Phi) is 10.0. The molecule has 98 valence electrons. The van der Waals surface area contributed by atoms with Crippen LogP contribution in [0.3, 0.4) is 0 Å². The summed E-state index contributed by atoms with van der Waals surface area (Å²) in [4.78, 5) is 0. The lowest BCUT2D eigenvalue weighted by Gasteiger charge is -2.29. The van der Waals surface area contributed by atoms with E-state index in [4.69, 9.17) is 5.73 Å². The molecule has 0 rings (SSSR count). The van der Waals surface area contributed by atoms with E-state index in [0.717, 1.165) is 19.6 Å². The molecule has 2 nitrogen and oxygen atoms in total. The van der Waals surface area contributed by atoms with Crippen molar-refractivity contribution >= 4 is 0 Å². The van der Waals surface area contributed by atoms with Crippen LogP contribution in [0.15, 0.2) is 0 Å². The van der Waals surface area contributed by atoms with Crippen LogP contribution in [0.1, 0.15) is 65.7 Å². The lowest BCUT2D eigenvalue weighted by molar-refractivity contribution is 0.233. The second kappa shape index (κ2) is 10.1. The average molecular weight is 228 g/mol. The molecule has 0 aliphatic rings. The molecule has 0 spiro atoms. The van der Waals surface area contributed by atoms with Crippen molar-refractivity contribution in [2.45, 2.75) is 65.7 Å². The largest absolute Gasteiger partial charge is 0.329 e. The van der Waals surface area contributed by atoms with Crippen molar-refractivity contribution in [3.8, 4) is 0 Å². The van der Waals surface area contributed by atoms with Crippen LogP contribution in [-0.4, -0.2) is 19.6 Å². The zero-order valence-corrected chi connectivity index (χ0v) is 11.6. The van der Waals surface area contributed by atoms with Gasteiger partial charge in [0, 0.05) is 13.1 Å². The van der Waals surface area contributed by atoms with Crippen molar-refractivity contribution in [2.24, 2.45) is 11.1 Å². The first-order chi connectivity index (χ1) is 7.68. The Hall–Kier alpha value is -0.0800. The van der Waals surface area contributed by atoms with E-state index in [-0.39, 0.29) is 0 Å². The molecule has 0 aromatic rings. The number of hydrogen-bond donors (Lipinski definition) is 2. The first kappa shape index (κ1) is 15.9. The zero-order chi connectivity index (χ0) is 12.3. The van der Waals surface area contributed by atoms with Crippen LogP contribution < -0.4 is 11.1 Å². The van der Waals surface area contributed by atoms with Crippen molar-refractivity contribution < 1.29 is 0 Å². The van der Waals surface area contributed by atoms with Gasteiger partial charge in [0.25, 0.3) is 0 Å². The summed E-state index contributed by atoms with van der Waals surface area (Å²) in [5.41, 5.74) is 6.03. The molecule has 0 fully saturated rings. The lowest BCUT2D eigenvalue weighted by Crippen LogP contribution is -2.25. The highest BCUT2D eigenvalue weighted by molar-refractivity contribution is 4.74. The van der Waals surface area contributed by atoms with Crippen molar-refractivity contribution in [3.63, 3.8) is 0 Å². The Balaban J connectivity index is 3.73. The summed E-state index contributed by atoms with van der Waals surface area (Å²) in [5, 5.41) is 3.38. The number of nitrogens with two attached hydrogens (primary N) is 1. The minimum atomic E-state index is 0.579. The van der Waals surface area contributed by atoms with Gasteiger partial charge in [0.05, 0.1) is 0 Å². The Morgan fingerprint density at radius 2 is 1.62 bits per heavy atom. The van der Waals surface area contributed by atoms with E-state index in [1.165, 1.54) is 44.9 Å². The highest BCUT2D eigenvalue weighted by Crippen LogP contribution is 2.34. The van der Waals surface area contributed by atoms with E-state index < -0.39 is 0 Å². The smallest absolute Gasteiger partial charge is 0.00745 e. The summed E-state index contributed by atoms with van der Waals surface area (Å²) >= 11 is 0. The van der Waals surface area contributed by atoms with Gasteiger partial charge >= 0.3 is 0 Å². The van der Waals surface area contributed by atoms with E-state index in [1.54, 1.807) is 0 Å². The van der Waals surface area contributed by atoms with Crippen molar-refractivity contribution in [1.82, 2.24) is 5.32 Å². The molecule has 0 radical (unpaired) electrons. The maximum Gasteiger partial charge on any atom is 0.00745 e. The van der Waals surface area contributed by atoms with Crippen LogP contribution in [0.5, 0.6) is 0 Å². The second-order valence-electron chi connectivity index (χ2n) is 5.31. The average Bonchev–Trinajstić information content (AvgIpc) is 2.27. The normalized spacial score (nSPS) is 15.0. The van der Waals surface area contributed by atoms with Crippen molar-refractivity contribution in [2.75, 3.05) is 19.6 Å².